The number of nitrogens with zero attached hydrogens (tertiary/aromatic N) is 1. The first-order valence-corrected chi connectivity index (χ1v) is 7.05. The molecule has 1 aromatic heterocycles. The molecular weight excluding hydrogens is 264 g/mol. The predicted octanol–water partition coefficient (Wildman–Crippen LogP) is 2.86. The van der Waals surface area contributed by atoms with Crippen LogP contribution in [-0.2, 0) is 16.6 Å². The molecule has 1 heterocycles. The van der Waals surface area contributed by atoms with Crippen molar-refractivity contribution >= 4 is 17.4 Å². The molecule has 0 unspecified atom stereocenters. The van der Waals surface area contributed by atoms with Crippen molar-refractivity contribution in [1.82, 2.24) is 10.2 Å². The fourth-order valence-corrected chi connectivity index (χ4v) is 1.92. The molecule has 0 saturated carbocycles. The topological polar surface area (TPSA) is 83.8 Å². The third-order valence-electron chi connectivity index (χ3n) is 3.27. The third-order valence-corrected chi connectivity index (χ3v) is 3.27. The van der Waals surface area contributed by atoms with E-state index in [1.165, 1.54) is 0 Å². The molecule has 0 saturated heterocycles. The number of aromatic amines is 1. The number of nitrogen functional groups attached to an aromatic ring is 1. The van der Waals surface area contributed by atoms with E-state index in [0.29, 0.717) is 18.7 Å². The van der Waals surface area contributed by atoms with E-state index in [9.17, 15) is 4.79 Å². The Hall–Kier alpha value is -2.30. The van der Waals surface area contributed by atoms with E-state index < -0.39 is 0 Å². The van der Waals surface area contributed by atoms with E-state index in [2.05, 4.69) is 36.3 Å². The maximum atomic E-state index is 11.9. The zero-order chi connectivity index (χ0) is 15.5. The molecule has 21 heavy (non-hydrogen) atoms. The van der Waals surface area contributed by atoms with Gasteiger partial charge in [0.15, 0.2) is 5.82 Å². The van der Waals surface area contributed by atoms with Gasteiger partial charge in [-0.3, -0.25) is 9.89 Å². The van der Waals surface area contributed by atoms with Gasteiger partial charge < -0.3 is 11.1 Å². The molecular formula is C16H22N4O. The first-order chi connectivity index (χ1) is 9.84. The lowest BCUT2D eigenvalue weighted by Crippen LogP contribution is -2.13. The second kappa shape index (κ2) is 5.99. The van der Waals surface area contributed by atoms with E-state index >= 15 is 0 Å². The van der Waals surface area contributed by atoms with Crippen LogP contribution in [0.15, 0.2) is 30.3 Å². The number of nitrogens with two attached hydrogens (primary N) is 1. The van der Waals surface area contributed by atoms with Gasteiger partial charge in [0.05, 0.1) is 0 Å². The summed E-state index contributed by atoms with van der Waals surface area (Å²) < 4.78 is 0. The van der Waals surface area contributed by atoms with E-state index in [0.717, 1.165) is 16.9 Å². The van der Waals surface area contributed by atoms with E-state index in [1.807, 2.05) is 30.3 Å². The average Bonchev–Trinajstić information content (AvgIpc) is 2.86. The number of nitrogens with one attached hydrogen (secondary N) is 2. The molecule has 0 atom stereocenters. The highest BCUT2D eigenvalue weighted by Crippen LogP contribution is 2.22. The summed E-state index contributed by atoms with van der Waals surface area (Å²) in [7, 11) is 0. The van der Waals surface area contributed by atoms with Crippen LogP contribution in [0.25, 0.3) is 0 Å². The summed E-state index contributed by atoms with van der Waals surface area (Å²) in [4.78, 5) is 11.9. The number of rotatable bonds is 4. The molecule has 1 amide bonds. The maximum absolute atomic E-state index is 11.9. The Morgan fingerprint density at radius 2 is 1.95 bits per heavy atom. The molecule has 5 heteroatoms. The summed E-state index contributed by atoms with van der Waals surface area (Å²) in [5.74, 6) is 0.529. The Balaban J connectivity index is 1.87. The van der Waals surface area contributed by atoms with Crippen molar-refractivity contribution < 1.29 is 4.79 Å². The summed E-state index contributed by atoms with van der Waals surface area (Å²) in [5, 5.41) is 9.88. The quantitative estimate of drug-likeness (QED) is 0.756. The standard InChI is InChI=1S/C16H22N4O/c1-16(2,3)13-10-14(20-19-13)18-15(21)9-6-11-4-7-12(17)8-5-11/h4-5,7-8,10H,6,9,17H2,1-3H3,(H2,18,19,20,21). The first-order valence-electron chi connectivity index (χ1n) is 7.05. The van der Waals surface area contributed by atoms with Gasteiger partial charge in [0.25, 0.3) is 0 Å². The Labute approximate surface area is 124 Å². The number of carbonyl (C=O) groups excluding carboxylic acids is 1. The lowest BCUT2D eigenvalue weighted by atomic mass is 9.92. The molecule has 0 radical (unpaired) electrons. The zero-order valence-corrected chi connectivity index (χ0v) is 12.7. The van der Waals surface area contributed by atoms with Gasteiger partial charge in [0.2, 0.25) is 5.91 Å². The molecule has 2 rings (SSSR count). The molecule has 0 fully saturated rings. The molecule has 0 aliphatic carbocycles. The minimum atomic E-state index is -0.0428. The Kier molecular flexibility index (Phi) is 4.31. The lowest BCUT2D eigenvalue weighted by molar-refractivity contribution is -0.116. The van der Waals surface area contributed by atoms with Crippen molar-refractivity contribution in [3.05, 3.63) is 41.6 Å². The second-order valence-electron chi connectivity index (χ2n) is 6.21. The summed E-state index contributed by atoms with van der Waals surface area (Å²) in [6, 6.07) is 9.44. The van der Waals surface area contributed by atoms with Gasteiger partial charge in [-0.05, 0) is 24.1 Å². The van der Waals surface area contributed by atoms with E-state index in [4.69, 9.17) is 5.73 Å². The van der Waals surface area contributed by atoms with Crippen LogP contribution in [0.3, 0.4) is 0 Å². The minimum Gasteiger partial charge on any atom is -0.399 e. The number of carbonyl (C=O) groups is 1. The summed E-state index contributed by atoms with van der Waals surface area (Å²) in [5.41, 5.74) is 8.44. The number of aromatic nitrogens is 2. The van der Waals surface area contributed by atoms with Crippen LogP contribution in [-0.4, -0.2) is 16.1 Å². The number of amides is 1. The van der Waals surface area contributed by atoms with Crippen molar-refractivity contribution in [1.29, 1.82) is 0 Å². The van der Waals surface area contributed by atoms with Crippen LogP contribution >= 0.6 is 0 Å². The van der Waals surface area contributed by atoms with Gasteiger partial charge in [0.1, 0.15) is 0 Å². The van der Waals surface area contributed by atoms with E-state index in [1.54, 1.807) is 0 Å². The van der Waals surface area contributed by atoms with Crippen LogP contribution in [0.1, 0.15) is 38.4 Å². The first kappa shape index (κ1) is 15.1. The van der Waals surface area contributed by atoms with Crippen LogP contribution in [0.2, 0.25) is 0 Å². The van der Waals surface area contributed by atoms with Crippen molar-refractivity contribution in [2.75, 3.05) is 11.1 Å². The molecule has 4 N–H and O–H groups in total. The predicted molar refractivity (Wildman–Crippen MR) is 85.1 cm³/mol. The van der Waals surface area contributed by atoms with Gasteiger partial charge >= 0.3 is 0 Å². The highest BCUT2D eigenvalue weighted by Gasteiger charge is 2.17. The lowest BCUT2D eigenvalue weighted by Gasteiger charge is -2.14. The molecule has 5 nitrogen and oxygen atoms in total. The van der Waals surface area contributed by atoms with Crippen molar-refractivity contribution in [3.8, 4) is 0 Å². The van der Waals surface area contributed by atoms with Gasteiger partial charge in [-0.25, -0.2) is 0 Å². The monoisotopic (exact) mass is 286 g/mol. The van der Waals surface area contributed by atoms with Gasteiger partial charge in [-0.2, -0.15) is 5.10 Å². The van der Waals surface area contributed by atoms with Crippen LogP contribution in [0.4, 0.5) is 11.5 Å². The molecule has 0 bridgehead atoms. The third kappa shape index (κ3) is 4.34. The van der Waals surface area contributed by atoms with Gasteiger partial charge in [0, 0.05) is 29.3 Å². The number of benzene rings is 1. The fraction of sp³-hybridized carbons (Fsp3) is 0.375. The normalized spacial score (nSPS) is 11.4. The summed E-state index contributed by atoms with van der Waals surface area (Å²) in [6.07, 6.45) is 1.10. The smallest absolute Gasteiger partial charge is 0.225 e. The largest absolute Gasteiger partial charge is 0.399 e. The van der Waals surface area contributed by atoms with Crippen LogP contribution in [0.5, 0.6) is 0 Å². The van der Waals surface area contributed by atoms with Crippen molar-refractivity contribution in [2.45, 2.75) is 39.0 Å². The molecule has 0 aliphatic heterocycles. The van der Waals surface area contributed by atoms with Crippen molar-refractivity contribution in [3.63, 3.8) is 0 Å². The SMILES string of the molecule is CC(C)(C)c1cc(NC(=O)CCc2ccc(N)cc2)n[nH]1. The number of aryl methyl sites for hydroxylation is 1. The highest BCUT2D eigenvalue weighted by molar-refractivity contribution is 5.89. The maximum Gasteiger partial charge on any atom is 0.225 e. The summed E-state index contributed by atoms with van der Waals surface area (Å²) >= 11 is 0. The number of H-pyrrole nitrogens is 1. The molecule has 0 spiro atoms. The second-order valence-corrected chi connectivity index (χ2v) is 6.21. The number of anilines is 2. The van der Waals surface area contributed by atoms with Gasteiger partial charge in [-0.15, -0.1) is 0 Å². The minimum absolute atomic E-state index is 0.0139. The Morgan fingerprint density at radius 1 is 1.29 bits per heavy atom. The highest BCUT2D eigenvalue weighted by atomic mass is 16.1. The number of hydrogen-bond acceptors (Lipinski definition) is 3. The Morgan fingerprint density at radius 3 is 2.52 bits per heavy atom. The van der Waals surface area contributed by atoms with Crippen molar-refractivity contribution in [2.24, 2.45) is 0 Å². The number of hydrogen-bond donors (Lipinski definition) is 3. The molecule has 112 valence electrons. The zero-order valence-electron chi connectivity index (χ0n) is 12.7. The Bertz CT molecular complexity index is 608. The fourth-order valence-electron chi connectivity index (χ4n) is 1.92. The van der Waals surface area contributed by atoms with Crippen LogP contribution in [0, 0.1) is 0 Å². The molecule has 0 aliphatic rings. The van der Waals surface area contributed by atoms with E-state index in [-0.39, 0.29) is 11.3 Å². The molecule has 2 aromatic rings. The molecule has 1 aromatic carbocycles. The summed E-state index contributed by atoms with van der Waals surface area (Å²) in [6.45, 7) is 6.27. The van der Waals surface area contributed by atoms with Gasteiger partial charge in [-0.1, -0.05) is 32.9 Å². The average molecular weight is 286 g/mol. The van der Waals surface area contributed by atoms with Crippen LogP contribution < -0.4 is 11.1 Å².